The Kier molecular flexibility index (Phi) is 3.33. The van der Waals surface area contributed by atoms with E-state index in [2.05, 4.69) is 4.98 Å². The Hall–Kier alpha value is -1.55. The van der Waals surface area contributed by atoms with Gasteiger partial charge in [0.1, 0.15) is 5.82 Å². The average Bonchev–Trinajstić information content (AvgIpc) is 2.55. The fourth-order valence-electron chi connectivity index (χ4n) is 1.79. The molecule has 0 aromatic carbocycles. The summed E-state index contributed by atoms with van der Waals surface area (Å²) in [7, 11) is 0. The number of aryl methyl sites for hydroxylation is 2. The number of carboxylic acids is 1. The fraction of sp³-hybridized carbons (Fsp3) is 0.333. The number of nitrogens with zero attached hydrogens (tertiary/aromatic N) is 2. The van der Waals surface area contributed by atoms with Crippen LogP contribution in [0.1, 0.15) is 24.2 Å². The predicted molar refractivity (Wildman–Crippen MR) is 65.5 cm³/mol. The molecular formula is C12H13ClN2O2. The molecule has 1 N–H and O–H groups in total. The number of fused-ring (bicyclic) bond motifs is 1. The summed E-state index contributed by atoms with van der Waals surface area (Å²) in [5.41, 5.74) is 1.98. The van der Waals surface area contributed by atoms with Gasteiger partial charge in [-0.15, -0.1) is 0 Å². The molecule has 0 aliphatic rings. The number of halogens is 1. The lowest BCUT2D eigenvalue weighted by molar-refractivity contribution is -0.137. The van der Waals surface area contributed by atoms with Crippen LogP contribution in [0.2, 0.25) is 5.15 Å². The monoisotopic (exact) mass is 252 g/mol. The zero-order chi connectivity index (χ0) is 12.4. The van der Waals surface area contributed by atoms with E-state index in [1.165, 1.54) is 0 Å². The topological polar surface area (TPSA) is 54.6 Å². The van der Waals surface area contributed by atoms with Crippen molar-refractivity contribution >= 4 is 23.1 Å². The van der Waals surface area contributed by atoms with Gasteiger partial charge in [0.2, 0.25) is 0 Å². The van der Waals surface area contributed by atoms with Crippen LogP contribution in [0.25, 0.3) is 5.52 Å². The molecule has 0 aliphatic heterocycles. The highest BCUT2D eigenvalue weighted by Crippen LogP contribution is 2.20. The van der Waals surface area contributed by atoms with Crippen LogP contribution in [0.15, 0.2) is 18.3 Å². The first kappa shape index (κ1) is 11.9. The van der Waals surface area contributed by atoms with Crippen LogP contribution < -0.4 is 0 Å². The van der Waals surface area contributed by atoms with Crippen molar-refractivity contribution in [1.82, 2.24) is 9.38 Å². The second-order valence-corrected chi connectivity index (χ2v) is 4.39. The highest BCUT2D eigenvalue weighted by atomic mass is 35.5. The molecule has 0 saturated heterocycles. The molecule has 90 valence electrons. The van der Waals surface area contributed by atoms with E-state index in [9.17, 15) is 4.79 Å². The smallest absolute Gasteiger partial charge is 0.303 e. The standard InChI is InChI=1S/C12H13ClN2O2/c1-8-5-6-9-12(13)14-10(15(9)7-8)3-2-4-11(16)17/h5-7H,2-4H2,1H3,(H,16,17). The fourth-order valence-corrected chi connectivity index (χ4v) is 2.04. The van der Waals surface area contributed by atoms with Crippen LogP contribution in [-0.4, -0.2) is 20.5 Å². The van der Waals surface area contributed by atoms with Gasteiger partial charge >= 0.3 is 5.97 Å². The lowest BCUT2D eigenvalue weighted by Crippen LogP contribution is -1.99. The van der Waals surface area contributed by atoms with E-state index in [0.29, 0.717) is 18.0 Å². The second kappa shape index (κ2) is 4.75. The molecule has 0 bridgehead atoms. The van der Waals surface area contributed by atoms with Gasteiger partial charge in [0.05, 0.1) is 5.52 Å². The largest absolute Gasteiger partial charge is 0.481 e. The van der Waals surface area contributed by atoms with Crippen LogP contribution >= 0.6 is 11.6 Å². The third-order valence-corrected chi connectivity index (χ3v) is 2.88. The number of imidazole rings is 1. The number of rotatable bonds is 4. The van der Waals surface area contributed by atoms with Crippen molar-refractivity contribution in [3.63, 3.8) is 0 Å². The summed E-state index contributed by atoms with van der Waals surface area (Å²) < 4.78 is 1.93. The molecule has 2 aromatic heterocycles. The second-order valence-electron chi connectivity index (χ2n) is 4.03. The van der Waals surface area contributed by atoms with Crippen molar-refractivity contribution in [1.29, 1.82) is 0 Å². The molecule has 2 heterocycles. The van der Waals surface area contributed by atoms with Crippen LogP contribution in [-0.2, 0) is 11.2 Å². The molecular weight excluding hydrogens is 240 g/mol. The number of carbonyl (C=O) groups is 1. The lowest BCUT2D eigenvalue weighted by Gasteiger charge is -2.01. The minimum absolute atomic E-state index is 0.151. The van der Waals surface area contributed by atoms with E-state index in [1.807, 2.05) is 29.7 Å². The molecule has 5 heteroatoms. The Morgan fingerprint density at radius 3 is 3.00 bits per heavy atom. The Morgan fingerprint density at radius 2 is 2.29 bits per heavy atom. The SMILES string of the molecule is Cc1ccc2c(Cl)nc(CCCC(=O)O)n2c1. The van der Waals surface area contributed by atoms with Crippen molar-refractivity contribution < 1.29 is 9.90 Å². The summed E-state index contributed by atoms with van der Waals surface area (Å²) in [4.78, 5) is 14.7. The van der Waals surface area contributed by atoms with Crippen molar-refractivity contribution in [2.24, 2.45) is 0 Å². The number of hydrogen-bond acceptors (Lipinski definition) is 2. The Morgan fingerprint density at radius 1 is 1.53 bits per heavy atom. The van der Waals surface area contributed by atoms with Crippen molar-refractivity contribution in [2.45, 2.75) is 26.2 Å². The van der Waals surface area contributed by atoms with Crippen LogP contribution in [0.3, 0.4) is 0 Å². The summed E-state index contributed by atoms with van der Waals surface area (Å²) >= 11 is 6.02. The van der Waals surface area contributed by atoms with Crippen molar-refractivity contribution in [3.05, 3.63) is 34.9 Å². The lowest BCUT2D eigenvalue weighted by atomic mass is 10.2. The summed E-state index contributed by atoms with van der Waals surface area (Å²) in [5, 5.41) is 9.07. The van der Waals surface area contributed by atoms with E-state index < -0.39 is 5.97 Å². The van der Waals surface area contributed by atoms with E-state index in [-0.39, 0.29) is 6.42 Å². The molecule has 0 fully saturated rings. The molecule has 0 radical (unpaired) electrons. The van der Waals surface area contributed by atoms with Gasteiger partial charge in [0.25, 0.3) is 0 Å². The van der Waals surface area contributed by atoms with Crippen molar-refractivity contribution in [3.8, 4) is 0 Å². The maximum atomic E-state index is 10.5. The predicted octanol–water partition coefficient (Wildman–Crippen LogP) is 2.70. The Labute approximate surface area is 104 Å². The van der Waals surface area contributed by atoms with Gasteiger partial charge in [-0.3, -0.25) is 4.79 Å². The highest BCUT2D eigenvalue weighted by molar-refractivity contribution is 6.32. The molecule has 0 unspecified atom stereocenters. The minimum atomic E-state index is -0.784. The third-order valence-electron chi connectivity index (χ3n) is 2.60. The maximum Gasteiger partial charge on any atom is 0.303 e. The first-order valence-electron chi connectivity index (χ1n) is 5.43. The van der Waals surface area contributed by atoms with Gasteiger partial charge in [0.15, 0.2) is 5.15 Å². The molecule has 0 saturated carbocycles. The van der Waals surface area contributed by atoms with Gasteiger partial charge in [-0.05, 0) is 25.0 Å². The molecule has 0 spiro atoms. The first-order valence-corrected chi connectivity index (χ1v) is 5.80. The molecule has 2 rings (SSSR count). The molecule has 4 nitrogen and oxygen atoms in total. The van der Waals surface area contributed by atoms with E-state index in [1.54, 1.807) is 0 Å². The van der Waals surface area contributed by atoms with Gasteiger partial charge in [0, 0.05) is 19.0 Å². The van der Waals surface area contributed by atoms with Crippen molar-refractivity contribution in [2.75, 3.05) is 0 Å². The molecule has 17 heavy (non-hydrogen) atoms. The molecule has 0 atom stereocenters. The zero-order valence-corrected chi connectivity index (χ0v) is 10.2. The number of aliphatic carboxylic acids is 1. The van der Waals surface area contributed by atoms with Crippen LogP contribution in [0.5, 0.6) is 0 Å². The first-order chi connectivity index (χ1) is 8.08. The average molecular weight is 253 g/mol. The maximum absolute atomic E-state index is 10.5. The Balaban J connectivity index is 2.27. The molecule has 2 aromatic rings. The third kappa shape index (κ3) is 2.58. The van der Waals surface area contributed by atoms with Crippen LogP contribution in [0.4, 0.5) is 0 Å². The number of carboxylic acid groups (broad SMARTS) is 1. The quantitative estimate of drug-likeness (QED) is 0.910. The summed E-state index contributed by atoms with van der Waals surface area (Å²) in [6.07, 6.45) is 3.30. The highest BCUT2D eigenvalue weighted by Gasteiger charge is 2.09. The van der Waals surface area contributed by atoms with E-state index in [0.717, 1.165) is 16.9 Å². The van der Waals surface area contributed by atoms with E-state index >= 15 is 0 Å². The Bertz CT molecular complexity index is 563. The van der Waals surface area contributed by atoms with Gasteiger partial charge in [-0.25, -0.2) is 4.98 Å². The molecule has 0 amide bonds. The van der Waals surface area contributed by atoms with E-state index in [4.69, 9.17) is 16.7 Å². The minimum Gasteiger partial charge on any atom is -0.481 e. The van der Waals surface area contributed by atoms with Gasteiger partial charge in [-0.1, -0.05) is 17.7 Å². The number of aromatic nitrogens is 2. The summed E-state index contributed by atoms with van der Waals surface area (Å²) in [6, 6.07) is 3.90. The summed E-state index contributed by atoms with van der Waals surface area (Å²) in [5.74, 6) is 0.0306. The normalized spacial score (nSPS) is 10.9. The summed E-state index contributed by atoms with van der Waals surface area (Å²) in [6.45, 7) is 1.99. The van der Waals surface area contributed by atoms with Gasteiger partial charge in [-0.2, -0.15) is 0 Å². The zero-order valence-electron chi connectivity index (χ0n) is 9.48. The number of hydrogen-bond donors (Lipinski definition) is 1. The van der Waals surface area contributed by atoms with Crippen LogP contribution in [0, 0.1) is 6.92 Å². The van der Waals surface area contributed by atoms with Gasteiger partial charge < -0.3 is 9.51 Å². The molecule has 0 aliphatic carbocycles. The number of pyridine rings is 1.